The maximum Gasteiger partial charge on any atom is 0.0753 e. The number of para-hydroxylation sites is 2. The summed E-state index contributed by atoms with van der Waals surface area (Å²) in [5.41, 5.74) is 2.12. The molecule has 0 amide bonds. The molecule has 106 valence electrons. The second-order valence-corrected chi connectivity index (χ2v) is 5.33. The lowest BCUT2D eigenvalue weighted by molar-refractivity contribution is 0.129. The van der Waals surface area contributed by atoms with Crippen LogP contribution in [0.15, 0.2) is 60.7 Å². The van der Waals surface area contributed by atoms with E-state index in [0.717, 1.165) is 30.3 Å². The highest BCUT2D eigenvalue weighted by atomic mass is 16.7. The summed E-state index contributed by atoms with van der Waals surface area (Å²) in [6.45, 7) is 5.22. The van der Waals surface area contributed by atoms with E-state index in [1.165, 1.54) is 6.42 Å². The Bertz CT molecular complexity index is 442. The van der Waals surface area contributed by atoms with Crippen molar-refractivity contribution in [2.75, 3.05) is 11.7 Å². The quantitative estimate of drug-likeness (QED) is 0.506. The van der Waals surface area contributed by atoms with Crippen LogP contribution >= 0.6 is 0 Å². The van der Waals surface area contributed by atoms with Crippen LogP contribution in [-0.2, 0) is 4.84 Å². The Kier molecular flexibility index (Phi) is 5.63. The lowest BCUT2D eigenvalue weighted by Gasteiger charge is -2.24. The van der Waals surface area contributed by atoms with Crippen molar-refractivity contribution in [1.29, 1.82) is 0 Å². The van der Waals surface area contributed by atoms with Gasteiger partial charge in [-0.2, -0.15) is 0 Å². The molecule has 0 fully saturated rings. The minimum absolute atomic E-state index is 0.723. The average Bonchev–Trinajstić information content (AvgIpc) is 2.49. The van der Waals surface area contributed by atoms with E-state index in [-0.39, 0.29) is 0 Å². The van der Waals surface area contributed by atoms with Crippen LogP contribution in [0, 0.1) is 5.92 Å². The minimum atomic E-state index is 0.723. The Morgan fingerprint density at radius 2 is 1.35 bits per heavy atom. The first-order chi connectivity index (χ1) is 9.77. The molecular formula is C18H23NO. The van der Waals surface area contributed by atoms with Gasteiger partial charge < -0.3 is 0 Å². The monoisotopic (exact) mass is 269 g/mol. The fraction of sp³-hybridized carbons (Fsp3) is 0.333. The predicted molar refractivity (Wildman–Crippen MR) is 85.0 cm³/mol. The Balaban J connectivity index is 2.06. The maximum atomic E-state index is 6.00. The summed E-state index contributed by atoms with van der Waals surface area (Å²) in [6.07, 6.45) is 2.27. The Labute approximate surface area is 122 Å². The van der Waals surface area contributed by atoms with E-state index in [1.54, 1.807) is 0 Å². The van der Waals surface area contributed by atoms with Crippen molar-refractivity contribution in [3.05, 3.63) is 60.7 Å². The molecule has 0 aliphatic heterocycles. The Morgan fingerprint density at radius 1 is 0.850 bits per heavy atom. The standard InChI is InChI=1S/C18H23NO/c1-16(2)10-9-15-20-19(17-11-5-3-6-12-17)18-13-7-4-8-14-18/h3-8,11-14,16H,9-10,15H2,1-2H3. The average molecular weight is 269 g/mol. The van der Waals surface area contributed by atoms with Crippen molar-refractivity contribution in [2.24, 2.45) is 5.92 Å². The third-order valence-electron chi connectivity index (χ3n) is 3.13. The maximum absolute atomic E-state index is 6.00. The molecule has 2 aromatic carbocycles. The van der Waals surface area contributed by atoms with Crippen molar-refractivity contribution in [3.63, 3.8) is 0 Å². The molecule has 0 heterocycles. The fourth-order valence-corrected chi connectivity index (χ4v) is 2.07. The molecule has 0 aromatic heterocycles. The molecule has 0 unspecified atom stereocenters. The fourth-order valence-electron chi connectivity index (χ4n) is 2.07. The lowest BCUT2D eigenvalue weighted by Crippen LogP contribution is -2.18. The van der Waals surface area contributed by atoms with Gasteiger partial charge in [0.05, 0.1) is 18.0 Å². The van der Waals surface area contributed by atoms with Gasteiger partial charge in [-0.3, -0.25) is 4.84 Å². The molecular weight excluding hydrogens is 246 g/mol. The lowest BCUT2D eigenvalue weighted by atomic mass is 10.1. The number of benzene rings is 2. The van der Waals surface area contributed by atoms with Gasteiger partial charge in [0.2, 0.25) is 0 Å². The predicted octanol–water partition coefficient (Wildman–Crippen LogP) is 5.19. The largest absolute Gasteiger partial charge is 0.269 e. The molecule has 2 rings (SSSR count). The summed E-state index contributed by atoms with van der Waals surface area (Å²) in [6, 6.07) is 20.4. The molecule has 0 spiro atoms. The third-order valence-corrected chi connectivity index (χ3v) is 3.13. The number of anilines is 2. The molecule has 2 heteroatoms. The summed E-state index contributed by atoms with van der Waals surface area (Å²) < 4.78 is 0. The zero-order chi connectivity index (χ0) is 14.2. The van der Waals surface area contributed by atoms with Crippen LogP contribution in [0.3, 0.4) is 0 Å². The highest BCUT2D eigenvalue weighted by Crippen LogP contribution is 2.25. The molecule has 0 saturated heterocycles. The van der Waals surface area contributed by atoms with E-state index in [2.05, 4.69) is 38.1 Å². The van der Waals surface area contributed by atoms with Gasteiger partial charge >= 0.3 is 0 Å². The zero-order valence-corrected chi connectivity index (χ0v) is 12.3. The molecule has 0 N–H and O–H groups in total. The van der Waals surface area contributed by atoms with Crippen LogP contribution in [0.1, 0.15) is 26.7 Å². The number of hydrogen-bond donors (Lipinski definition) is 0. The van der Waals surface area contributed by atoms with Gasteiger partial charge in [-0.15, -0.1) is 0 Å². The highest BCUT2D eigenvalue weighted by molar-refractivity contribution is 5.59. The van der Waals surface area contributed by atoms with Crippen molar-refractivity contribution >= 4 is 11.4 Å². The molecule has 20 heavy (non-hydrogen) atoms. The van der Waals surface area contributed by atoms with E-state index in [1.807, 2.05) is 41.5 Å². The zero-order valence-electron chi connectivity index (χ0n) is 12.3. The third kappa shape index (κ3) is 4.39. The molecule has 0 bridgehead atoms. The first kappa shape index (κ1) is 14.6. The smallest absolute Gasteiger partial charge is 0.0753 e. The van der Waals surface area contributed by atoms with Crippen LogP contribution in [0.5, 0.6) is 0 Å². The van der Waals surface area contributed by atoms with Gasteiger partial charge in [-0.25, -0.2) is 5.06 Å². The summed E-state index contributed by atoms with van der Waals surface area (Å²) in [7, 11) is 0. The van der Waals surface area contributed by atoms with E-state index < -0.39 is 0 Å². The summed E-state index contributed by atoms with van der Waals surface area (Å²) >= 11 is 0. The van der Waals surface area contributed by atoms with Crippen LogP contribution in [-0.4, -0.2) is 6.61 Å². The molecule has 2 nitrogen and oxygen atoms in total. The van der Waals surface area contributed by atoms with Crippen molar-refractivity contribution in [2.45, 2.75) is 26.7 Å². The summed E-state index contributed by atoms with van der Waals surface area (Å²) in [4.78, 5) is 6.00. The van der Waals surface area contributed by atoms with E-state index in [9.17, 15) is 0 Å². The number of rotatable bonds is 7. The van der Waals surface area contributed by atoms with E-state index >= 15 is 0 Å². The van der Waals surface area contributed by atoms with Gasteiger partial charge in [-0.1, -0.05) is 50.2 Å². The highest BCUT2D eigenvalue weighted by Gasteiger charge is 2.09. The first-order valence-electron chi connectivity index (χ1n) is 7.30. The second kappa shape index (κ2) is 7.71. The van der Waals surface area contributed by atoms with Crippen molar-refractivity contribution < 1.29 is 4.84 Å². The van der Waals surface area contributed by atoms with Crippen LogP contribution < -0.4 is 5.06 Å². The summed E-state index contributed by atoms with van der Waals surface area (Å²) in [5.74, 6) is 0.723. The summed E-state index contributed by atoms with van der Waals surface area (Å²) in [5, 5.41) is 1.92. The number of nitrogens with zero attached hydrogens (tertiary/aromatic N) is 1. The molecule has 0 aliphatic rings. The molecule has 0 saturated carbocycles. The van der Waals surface area contributed by atoms with Crippen LogP contribution in [0.4, 0.5) is 11.4 Å². The van der Waals surface area contributed by atoms with Crippen molar-refractivity contribution in [1.82, 2.24) is 0 Å². The number of hydrogen-bond acceptors (Lipinski definition) is 2. The van der Waals surface area contributed by atoms with Gasteiger partial charge in [0.25, 0.3) is 0 Å². The molecule has 2 aromatic rings. The molecule has 0 aliphatic carbocycles. The Morgan fingerprint density at radius 3 is 1.80 bits per heavy atom. The van der Waals surface area contributed by atoms with E-state index in [4.69, 9.17) is 4.84 Å². The van der Waals surface area contributed by atoms with E-state index in [0.29, 0.717) is 0 Å². The normalized spacial score (nSPS) is 10.8. The van der Waals surface area contributed by atoms with Gasteiger partial charge in [-0.05, 0) is 43.0 Å². The second-order valence-electron chi connectivity index (χ2n) is 5.33. The van der Waals surface area contributed by atoms with Gasteiger partial charge in [0.15, 0.2) is 0 Å². The first-order valence-corrected chi connectivity index (χ1v) is 7.30. The van der Waals surface area contributed by atoms with Crippen LogP contribution in [0.25, 0.3) is 0 Å². The molecule has 0 atom stereocenters. The topological polar surface area (TPSA) is 12.5 Å². The SMILES string of the molecule is CC(C)CCCON(c1ccccc1)c1ccccc1. The van der Waals surface area contributed by atoms with Crippen molar-refractivity contribution in [3.8, 4) is 0 Å². The minimum Gasteiger partial charge on any atom is -0.269 e. The Hall–Kier alpha value is -1.80. The van der Waals surface area contributed by atoms with Crippen LogP contribution in [0.2, 0.25) is 0 Å². The van der Waals surface area contributed by atoms with Gasteiger partial charge in [0, 0.05) is 0 Å². The molecule has 0 radical (unpaired) electrons. The van der Waals surface area contributed by atoms with Gasteiger partial charge in [0.1, 0.15) is 0 Å².